The molecule has 0 saturated heterocycles. The lowest BCUT2D eigenvalue weighted by atomic mass is 10.2. The summed E-state index contributed by atoms with van der Waals surface area (Å²) in [6.45, 7) is 5.00. The molecule has 1 N–H and O–H groups in total. The molecule has 0 bridgehead atoms. The Balaban J connectivity index is 1.93. The average Bonchev–Trinajstić information content (AvgIpc) is 2.85. The zero-order valence-corrected chi connectivity index (χ0v) is 11.6. The highest BCUT2D eigenvalue weighted by Gasteiger charge is 2.07. The van der Waals surface area contributed by atoms with Crippen LogP contribution in [0, 0.1) is 5.82 Å². The summed E-state index contributed by atoms with van der Waals surface area (Å²) in [5, 5.41) is 3.42. The molecule has 1 unspecified atom stereocenters. The fourth-order valence-corrected chi connectivity index (χ4v) is 2.82. The van der Waals surface area contributed by atoms with Gasteiger partial charge in [-0.05, 0) is 43.2 Å². The molecule has 0 aliphatic rings. The molecule has 0 spiro atoms. The molecule has 18 heavy (non-hydrogen) atoms. The number of aryl methyl sites for hydroxylation is 1. The molecule has 2 rings (SSSR count). The second-order valence-electron chi connectivity index (χ2n) is 4.39. The molecule has 0 aliphatic heterocycles. The third-order valence-electron chi connectivity index (χ3n) is 2.96. The van der Waals surface area contributed by atoms with Crippen LogP contribution < -0.4 is 5.32 Å². The van der Waals surface area contributed by atoms with Gasteiger partial charge in [0.05, 0.1) is 0 Å². The van der Waals surface area contributed by atoms with E-state index >= 15 is 0 Å². The van der Waals surface area contributed by atoms with Crippen LogP contribution in [0.15, 0.2) is 36.4 Å². The molecule has 3 heteroatoms. The van der Waals surface area contributed by atoms with Gasteiger partial charge in [-0.25, -0.2) is 4.39 Å². The van der Waals surface area contributed by atoms with Gasteiger partial charge in [-0.3, -0.25) is 0 Å². The first-order valence-electron chi connectivity index (χ1n) is 6.25. The van der Waals surface area contributed by atoms with Gasteiger partial charge in [0.25, 0.3) is 0 Å². The van der Waals surface area contributed by atoms with Gasteiger partial charge in [-0.15, -0.1) is 11.3 Å². The highest BCUT2D eigenvalue weighted by Crippen LogP contribution is 2.23. The summed E-state index contributed by atoms with van der Waals surface area (Å²) in [5.74, 6) is -0.175. The predicted molar refractivity (Wildman–Crippen MR) is 75.4 cm³/mol. The number of thiophene rings is 1. The third-order valence-corrected chi connectivity index (χ3v) is 4.37. The first-order chi connectivity index (χ1) is 8.69. The average molecular weight is 263 g/mol. The van der Waals surface area contributed by atoms with Crippen LogP contribution in [0.3, 0.4) is 0 Å². The fourth-order valence-electron chi connectivity index (χ4n) is 1.84. The Morgan fingerprint density at radius 1 is 1.28 bits per heavy atom. The van der Waals surface area contributed by atoms with Crippen molar-refractivity contribution in [2.24, 2.45) is 0 Å². The Labute approximate surface area is 112 Å². The summed E-state index contributed by atoms with van der Waals surface area (Å²) < 4.78 is 13.0. The second-order valence-corrected chi connectivity index (χ2v) is 5.59. The summed E-state index contributed by atoms with van der Waals surface area (Å²) in [6, 6.07) is 11.4. The van der Waals surface area contributed by atoms with Crippen molar-refractivity contribution in [3.63, 3.8) is 0 Å². The molecule has 96 valence electrons. The highest BCUT2D eigenvalue weighted by molar-refractivity contribution is 7.12. The third kappa shape index (κ3) is 3.40. The Morgan fingerprint density at radius 2 is 2.11 bits per heavy atom. The number of rotatable bonds is 5. The van der Waals surface area contributed by atoms with Gasteiger partial charge in [0.2, 0.25) is 0 Å². The van der Waals surface area contributed by atoms with Crippen molar-refractivity contribution in [2.45, 2.75) is 32.9 Å². The maximum atomic E-state index is 13.0. The van der Waals surface area contributed by atoms with Gasteiger partial charge in [-0.1, -0.05) is 19.1 Å². The van der Waals surface area contributed by atoms with E-state index in [0.29, 0.717) is 12.6 Å². The standard InChI is InChI=1S/C15H18FNS/c1-3-14-7-8-15(18-14)11(2)17-10-12-5-4-6-13(16)9-12/h4-9,11,17H,3,10H2,1-2H3. The van der Waals surface area contributed by atoms with Crippen molar-refractivity contribution < 1.29 is 4.39 Å². The molecule has 2 aromatic rings. The van der Waals surface area contributed by atoms with E-state index in [0.717, 1.165) is 12.0 Å². The van der Waals surface area contributed by atoms with Crippen molar-refractivity contribution in [1.82, 2.24) is 5.32 Å². The maximum Gasteiger partial charge on any atom is 0.123 e. The number of hydrogen-bond donors (Lipinski definition) is 1. The second kappa shape index (κ2) is 6.12. The molecule has 1 heterocycles. The van der Waals surface area contributed by atoms with Crippen LogP contribution in [0.4, 0.5) is 4.39 Å². The lowest BCUT2D eigenvalue weighted by molar-refractivity contribution is 0.576. The molecule has 1 aromatic heterocycles. The smallest absolute Gasteiger partial charge is 0.123 e. The van der Waals surface area contributed by atoms with Crippen molar-refractivity contribution in [1.29, 1.82) is 0 Å². The molecule has 1 aromatic carbocycles. The number of benzene rings is 1. The van der Waals surface area contributed by atoms with Crippen LogP contribution in [0.1, 0.15) is 35.2 Å². The van der Waals surface area contributed by atoms with Crippen molar-refractivity contribution in [3.05, 3.63) is 57.5 Å². The highest BCUT2D eigenvalue weighted by atomic mass is 32.1. The topological polar surface area (TPSA) is 12.0 Å². The lowest BCUT2D eigenvalue weighted by Gasteiger charge is -2.12. The molecular weight excluding hydrogens is 245 g/mol. The molecule has 1 nitrogen and oxygen atoms in total. The van der Waals surface area contributed by atoms with E-state index in [9.17, 15) is 4.39 Å². The van der Waals surface area contributed by atoms with E-state index in [1.807, 2.05) is 17.4 Å². The van der Waals surface area contributed by atoms with E-state index < -0.39 is 0 Å². The predicted octanol–water partition coefficient (Wildman–Crippen LogP) is 4.30. The zero-order chi connectivity index (χ0) is 13.0. The molecule has 1 atom stereocenters. The van der Waals surface area contributed by atoms with E-state index in [4.69, 9.17) is 0 Å². The first kappa shape index (κ1) is 13.2. The quantitative estimate of drug-likeness (QED) is 0.848. The van der Waals surface area contributed by atoms with Crippen LogP contribution in [0.25, 0.3) is 0 Å². The van der Waals surface area contributed by atoms with Crippen LogP contribution in [0.5, 0.6) is 0 Å². The minimum atomic E-state index is -0.175. The minimum absolute atomic E-state index is 0.175. The largest absolute Gasteiger partial charge is 0.305 e. The molecule has 0 amide bonds. The summed E-state index contributed by atoms with van der Waals surface area (Å²) in [4.78, 5) is 2.74. The fraction of sp³-hybridized carbons (Fsp3) is 0.333. The van der Waals surface area contributed by atoms with Gasteiger partial charge in [-0.2, -0.15) is 0 Å². The SMILES string of the molecule is CCc1ccc(C(C)NCc2cccc(F)c2)s1. The van der Waals surface area contributed by atoms with Crippen LogP contribution in [0.2, 0.25) is 0 Å². The number of halogens is 1. The molecule has 0 saturated carbocycles. The van der Waals surface area contributed by atoms with Crippen molar-refractivity contribution in [3.8, 4) is 0 Å². The molecular formula is C15H18FNS. The van der Waals surface area contributed by atoms with E-state index in [-0.39, 0.29) is 5.82 Å². The minimum Gasteiger partial charge on any atom is -0.305 e. The van der Waals surface area contributed by atoms with Gasteiger partial charge in [0.1, 0.15) is 5.82 Å². The van der Waals surface area contributed by atoms with Crippen LogP contribution >= 0.6 is 11.3 Å². The summed E-state index contributed by atoms with van der Waals surface area (Å²) in [5.41, 5.74) is 0.981. The number of hydrogen-bond acceptors (Lipinski definition) is 2. The Bertz CT molecular complexity index is 507. The Morgan fingerprint density at radius 3 is 2.78 bits per heavy atom. The summed E-state index contributed by atoms with van der Waals surface area (Å²) >= 11 is 1.84. The molecule has 0 radical (unpaired) electrons. The summed E-state index contributed by atoms with van der Waals surface area (Å²) in [7, 11) is 0. The zero-order valence-electron chi connectivity index (χ0n) is 10.7. The molecule has 0 fully saturated rings. The maximum absolute atomic E-state index is 13.0. The lowest BCUT2D eigenvalue weighted by Crippen LogP contribution is -2.17. The first-order valence-corrected chi connectivity index (χ1v) is 7.07. The van der Waals surface area contributed by atoms with E-state index in [1.165, 1.54) is 15.8 Å². The van der Waals surface area contributed by atoms with Crippen molar-refractivity contribution >= 4 is 11.3 Å². The Kier molecular flexibility index (Phi) is 4.50. The van der Waals surface area contributed by atoms with Gasteiger partial charge in [0, 0.05) is 22.3 Å². The van der Waals surface area contributed by atoms with Crippen LogP contribution in [-0.4, -0.2) is 0 Å². The summed E-state index contributed by atoms with van der Waals surface area (Å²) in [6.07, 6.45) is 1.08. The van der Waals surface area contributed by atoms with Crippen molar-refractivity contribution in [2.75, 3.05) is 0 Å². The van der Waals surface area contributed by atoms with Gasteiger partial charge >= 0.3 is 0 Å². The van der Waals surface area contributed by atoms with E-state index in [1.54, 1.807) is 12.1 Å². The van der Waals surface area contributed by atoms with Gasteiger partial charge in [0.15, 0.2) is 0 Å². The van der Waals surface area contributed by atoms with Gasteiger partial charge < -0.3 is 5.32 Å². The van der Waals surface area contributed by atoms with Crippen LogP contribution in [-0.2, 0) is 13.0 Å². The molecule has 0 aliphatic carbocycles. The monoisotopic (exact) mass is 263 g/mol. The van der Waals surface area contributed by atoms with E-state index in [2.05, 4.69) is 31.3 Å². The number of nitrogens with one attached hydrogen (secondary N) is 1. The Hall–Kier alpha value is -1.19. The normalized spacial score (nSPS) is 12.6.